The zero-order valence-corrected chi connectivity index (χ0v) is 18.3. The monoisotopic (exact) mass is 420 g/mol. The topological polar surface area (TPSA) is 93.1 Å². The van der Waals surface area contributed by atoms with Gasteiger partial charge in [-0.2, -0.15) is 9.41 Å². The van der Waals surface area contributed by atoms with Crippen LogP contribution in [0.3, 0.4) is 0 Å². The van der Waals surface area contributed by atoms with Crippen molar-refractivity contribution in [1.29, 1.82) is 0 Å². The van der Waals surface area contributed by atoms with E-state index < -0.39 is 10.0 Å². The molecule has 1 N–H and O–H groups in total. The summed E-state index contributed by atoms with van der Waals surface area (Å²) >= 11 is 0. The van der Waals surface area contributed by atoms with Crippen LogP contribution in [-0.4, -0.2) is 50.7 Å². The highest BCUT2D eigenvalue weighted by atomic mass is 32.2. The van der Waals surface area contributed by atoms with Crippen molar-refractivity contribution in [3.8, 4) is 11.5 Å². The molecule has 29 heavy (non-hydrogen) atoms. The largest absolute Gasteiger partial charge is 0.493 e. The number of hydrazone groups is 1. The van der Waals surface area contributed by atoms with Crippen LogP contribution in [0.25, 0.3) is 0 Å². The third-order valence-corrected chi connectivity index (χ3v) is 6.47. The molecule has 1 aromatic heterocycles. The molecule has 0 amide bonds. The van der Waals surface area contributed by atoms with Gasteiger partial charge in [-0.25, -0.2) is 13.4 Å². The highest BCUT2D eigenvalue weighted by molar-refractivity contribution is 7.89. The Hall–Kier alpha value is -2.65. The molecule has 0 saturated heterocycles. The number of hydrogen-bond acceptors (Lipinski definition) is 7. The van der Waals surface area contributed by atoms with Gasteiger partial charge in [0.05, 0.1) is 19.9 Å². The Morgan fingerprint density at radius 1 is 1.07 bits per heavy atom. The van der Waals surface area contributed by atoms with Crippen LogP contribution >= 0.6 is 0 Å². The van der Waals surface area contributed by atoms with Gasteiger partial charge in [0.1, 0.15) is 10.7 Å². The molecule has 0 aliphatic carbocycles. The van der Waals surface area contributed by atoms with Gasteiger partial charge in [0, 0.05) is 24.8 Å². The van der Waals surface area contributed by atoms with Crippen LogP contribution in [0.4, 0.5) is 5.82 Å². The predicted molar refractivity (Wildman–Crippen MR) is 114 cm³/mol. The molecular weight excluding hydrogens is 392 g/mol. The van der Waals surface area contributed by atoms with Crippen molar-refractivity contribution >= 4 is 21.6 Å². The second-order valence-electron chi connectivity index (χ2n) is 6.06. The van der Waals surface area contributed by atoms with Gasteiger partial charge in [0.2, 0.25) is 10.0 Å². The van der Waals surface area contributed by atoms with Gasteiger partial charge in [0.25, 0.3) is 0 Å². The van der Waals surface area contributed by atoms with Crippen LogP contribution in [0.15, 0.2) is 46.5 Å². The van der Waals surface area contributed by atoms with Crippen LogP contribution in [0.2, 0.25) is 0 Å². The van der Waals surface area contributed by atoms with E-state index in [0.29, 0.717) is 36.8 Å². The molecule has 0 radical (unpaired) electrons. The molecule has 1 aromatic carbocycles. The highest BCUT2D eigenvalue weighted by Crippen LogP contribution is 2.28. The lowest BCUT2D eigenvalue weighted by Gasteiger charge is -2.18. The number of methoxy groups -OCH3 is 2. The van der Waals surface area contributed by atoms with Crippen LogP contribution in [-0.2, 0) is 10.0 Å². The molecule has 0 saturated carbocycles. The summed E-state index contributed by atoms with van der Waals surface area (Å²) in [6.45, 7) is 6.42. The molecule has 0 spiro atoms. The Bertz CT molecular complexity index is 939. The van der Waals surface area contributed by atoms with Gasteiger partial charge in [-0.1, -0.05) is 20.8 Å². The minimum absolute atomic E-state index is 0.159. The standard InChI is InChI=1S/C20H28N4O4S/c1-6-17(15-9-11-18(27-4)19(13-15)28-5)22-23-20-12-10-16(14-21-20)29(25,26)24(7-2)8-3/h9-14H,6-8H2,1-5H3,(H,21,23)/b22-17+. The molecule has 2 aromatic rings. The SMILES string of the molecule is CC/C(=N\Nc1ccc(S(=O)(=O)N(CC)CC)cn1)c1ccc(OC)c(OC)c1. The third kappa shape index (κ3) is 5.24. The van der Waals surface area contributed by atoms with E-state index in [0.717, 1.165) is 11.3 Å². The molecule has 2 rings (SSSR count). The number of nitrogens with zero attached hydrogens (tertiary/aromatic N) is 3. The fraction of sp³-hybridized carbons (Fsp3) is 0.400. The van der Waals surface area contributed by atoms with Gasteiger partial charge in [-0.15, -0.1) is 0 Å². The summed E-state index contributed by atoms with van der Waals surface area (Å²) in [7, 11) is -0.359. The molecule has 8 nitrogen and oxygen atoms in total. The lowest BCUT2D eigenvalue weighted by Crippen LogP contribution is -2.30. The van der Waals surface area contributed by atoms with Gasteiger partial charge in [-0.05, 0) is 36.8 Å². The minimum Gasteiger partial charge on any atom is -0.493 e. The summed E-state index contributed by atoms with van der Waals surface area (Å²) in [6.07, 6.45) is 2.02. The van der Waals surface area contributed by atoms with Crippen LogP contribution in [0, 0.1) is 0 Å². The van der Waals surface area contributed by atoms with E-state index >= 15 is 0 Å². The molecular formula is C20H28N4O4S. The van der Waals surface area contributed by atoms with Gasteiger partial charge >= 0.3 is 0 Å². The molecule has 1 heterocycles. The van der Waals surface area contributed by atoms with E-state index in [1.165, 1.54) is 16.6 Å². The Kier molecular flexibility index (Phi) is 7.98. The summed E-state index contributed by atoms with van der Waals surface area (Å²) in [5, 5.41) is 4.42. The van der Waals surface area contributed by atoms with Crippen molar-refractivity contribution in [3.05, 3.63) is 42.1 Å². The third-order valence-electron chi connectivity index (χ3n) is 4.44. The molecule has 0 fully saturated rings. The quantitative estimate of drug-likeness (QED) is 0.468. The Balaban J connectivity index is 2.22. The number of anilines is 1. The normalized spacial score (nSPS) is 12.1. The number of pyridine rings is 1. The van der Waals surface area contributed by atoms with Gasteiger partial charge < -0.3 is 9.47 Å². The number of sulfonamides is 1. The van der Waals surface area contributed by atoms with Crippen LogP contribution < -0.4 is 14.9 Å². The van der Waals surface area contributed by atoms with E-state index in [-0.39, 0.29) is 4.90 Å². The first-order chi connectivity index (χ1) is 13.9. The Morgan fingerprint density at radius 3 is 2.28 bits per heavy atom. The van der Waals surface area contributed by atoms with Crippen LogP contribution in [0.1, 0.15) is 32.8 Å². The maximum atomic E-state index is 12.5. The summed E-state index contributed by atoms with van der Waals surface area (Å²) in [4.78, 5) is 4.35. The molecule has 0 aliphatic rings. The second-order valence-corrected chi connectivity index (χ2v) is 8.00. The van der Waals surface area contributed by atoms with Crippen molar-refractivity contribution in [3.63, 3.8) is 0 Å². The lowest BCUT2D eigenvalue weighted by atomic mass is 10.1. The number of ether oxygens (including phenoxy) is 2. The molecule has 0 bridgehead atoms. The predicted octanol–water partition coefficient (Wildman–Crippen LogP) is 3.36. The first-order valence-corrected chi connectivity index (χ1v) is 10.9. The second kappa shape index (κ2) is 10.2. The average Bonchev–Trinajstić information content (AvgIpc) is 2.75. The smallest absolute Gasteiger partial charge is 0.244 e. The zero-order valence-electron chi connectivity index (χ0n) is 17.5. The average molecular weight is 421 g/mol. The van der Waals surface area contributed by atoms with E-state index in [4.69, 9.17) is 9.47 Å². The molecule has 0 atom stereocenters. The van der Waals surface area contributed by atoms with Crippen molar-refractivity contribution in [1.82, 2.24) is 9.29 Å². The van der Waals surface area contributed by atoms with Crippen molar-refractivity contribution in [2.45, 2.75) is 32.1 Å². The summed E-state index contributed by atoms with van der Waals surface area (Å²) in [6, 6.07) is 8.71. The molecule has 9 heteroatoms. The summed E-state index contributed by atoms with van der Waals surface area (Å²) < 4.78 is 37.1. The number of hydrogen-bond donors (Lipinski definition) is 1. The van der Waals surface area contributed by atoms with Crippen molar-refractivity contribution < 1.29 is 17.9 Å². The molecule has 158 valence electrons. The number of nitrogens with one attached hydrogen (secondary N) is 1. The van der Waals surface area contributed by atoms with E-state index in [2.05, 4.69) is 15.5 Å². The fourth-order valence-electron chi connectivity index (χ4n) is 2.80. The maximum absolute atomic E-state index is 12.5. The van der Waals surface area contributed by atoms with Crippen LogP contribution in [0.5, 0.6) is 11.5 Å². The number of aromatic nitrogens is 1. The molecule has 0 aliphatic heterocycles. The number of rotatable bonds is 10. The summed E-state index contributed by atoms with van der Waals surface area (Å²) in [5.41, 5.74) is 4.58. The maximum Gasteiger partial charge on any atom is 0.244 e. The van der Waals surface area contributed by atoms with Crippen molar-refractivity contribution in [2.24, 2.45) is 5.10 Å². The van der Waals surface area contributed by atoms with E-state index in [9.17, 15) is 8.42 Å². The van der Waals surface area contributed by atoms with E-state index in [1.54, 1.807) is 34.1 Å². The first-order valence-electron chi connectivity index (χ1n) is 9.42. The lowest BCUT2D eigenvalue weighted by molar-refractivity contribution is 0.355. The van der Waals surface area contributed by atoms with Gasteiger partial charge in [-0.3, -0.25) is 5.43 Å². The van der Waals surface area contributed by atoms with Crippen molar-refractivity contribution in [2.75, 3.05) is 32.7 Å². The minimum atomic E-state index is -3.53. The van der Waals surface area contributed by atoms with Gasteiger partial charge in [0.15, 0.2) is 11.5 Å². The first kappa shape index (κ1) is 22.6. The zero-order chi connectivity index (χ0) is 21.4. The fourth-order valence-corrected chi connectivity index (χ4v) is 4.20. The van der Waals surface area contributed by atoms with E-state index in [1.807, 2.05) is 25.1 Å². The number of benzene rings is 1. The Labute approximate surface area is 172 Å². The molecule has 0 unspecified atom stereocenters. The summed E-state index contributed by atoms with van der Waals surface area (Å²) in [5.74, 6) is 1.72. The Morgan fingerprint density at radius 2 is 1.76 bits per heavy atom. The highest BCUT2D eigenvalue weighted by Gasteiger charge is 2.21.